The molecule has 6 nitrogen and oxygen atoms in total. The molecule has 1 aliphatic rings. The van der Waals surface area contributed by atoms with Gasteiger partial charge in [-0.25, -0.2) is 4.79 Å². The number of carbonyl (C=O) groups excluding carboxylic acids is 1. The van der Waals surface area contributed by atoms with E-state index in [1.54, 1.807) is 13.2 Å². The van der Waals surface area contributed by atoms with Gasteiger partial charge in [0.05, 0.1) is 13.7 Å². The second-order valence-corrected chi connectivity index (χ2v) is 10.0. The van der Waals surface area contributed by atoms with E-state index in [0.29, 0.717) is 23.5 Å². The first-order valence-electron chi connectivity index (χ1n) is 13.1. The van der Waals surface area contributed by atoms with Gasteiger partial charge in [-0.1, -0.05) is 55.7 Å². The molecular weight excluding hydrogens is 476 g/mol. The van der Waals surface area contributed by atoms with Crippen LogP contribution in [-0.2, 0) is 16.1 Å². The molecule has 1 amide bonds. The van der Waals surface area contributed by atoms with Gasteiger partial charge in [-0.3, -0.25) is 4.79 Å². The van der Waals surface area contributed by atoms with Gasteiger partial charge in [0, 0.05) is 43.5 Å². The summed E-state index contributed by atoms with van der Waals surface area (Å²) in [4.78, 5) is 28.8. The number of methoxy groups -OCH3 is 1. The first kappa shape index (κ1) is 27.0. The Morgan fingerprint density at radius 1 is 0.895 bits per heavy atom. The van der Waals surface area contributed by atoms with E-state index in [0.717, 1.165) is 54.1 Å². The summed E-state index contributed by atoms with van der Waals surface area (Å²) in [5, 5.41) is 9.09. The maximum Gasteiger partial charge on any atom is 0.328 e. The van der Waals surface area contributed by atoms with Gasteiger partial charge >= 0.3 is 5.97 Å². The Morgan fingerprint density at radius 2 is 1.53 bits per heavy atom. The summed E-state index contributed by atoms with van der Waals surface area (Å²) < 4.78 is 5.49. The summed E-state index contributed by atoms with van der Waals surface area (Å²) in [5.74, 6) is -0.358. The number of carbonyl (C=O) groups is 2. The fourth-order valence-electron chi connectivity index (χ4n) is 4.95. The van der Waals surface area contributed by atoms with E-state index < -0.39 is 5.97 Å². The van der Waals surface area contributed by atoms with Gasteiger partial charge in [0.15, 0.2) is 0 Å². The van der Waals surface area contributed by atoms with Gasteiger partial charge < -0.3 is 19.6 Å². The minimum absolute atomic E-state index is 0.0116. The van der Waals surface area contributed by atoms with Crippen LogP contribution < -0.4 is 14.5 Å². The minimum Gasteiger partial charge on any atom is -0.497 e. The zero-order chi connectivity index (χ0) is 27.1. The van der Waals surface area contributed by atoms with Gasteiger partial charge in [0.25, 0.3) is 0 Å². The van der Waals surface area contributed by atoms with Crippen LogP contribution in [0, 0.1) is 5.92 Å². The molecule has 0 unspecified atom stereocenters. The van der Waals surface area contributed by atoms with E-state index in [1.807, 2.05) is 31.1 Å². The van der Waals surface area contributed by atoms with E-state index in [2.05, 4.69) is 53.4 Å². The van der Waals surface area contributed by atoms with Gasteiger partial charge in [0.2, 0.25) is 5.91 Å². The van der Waals surface area contributed by atoms with Crippen molar-refractivity contribution in [2.45, 2.75) is 38.6 Å². The molecule has 0 bridgehead atoms. The summed E-state index contributed by atoms with van der Waals surface area (Å²) in [6, 6.07) is 22.2. The number of carboxylic acids is 1. The minimum atomic E-state index is -1.03. The van der Waals surface area contributed by atoms with Crippen LogP contribution in [0.5, 0.6) is 5.75 Å². The third kappa shape index (κ3) is 6.82. The van der Waals surface area contributed by atoms with Crippen molar-refractivity contribution in [3.8, 4) is 16.9 Å². The van der Waals surface area contributed by atoms with E-state index >= 15 is 0 Å². The van der Waals surface area contributed by atoms with E-state index in [9.17, 15) is 9.59 Å². The predicted octanol–water partition coefficient (Wildman–Crippen LogP) is 6.64. The predicted molar refractivity (Wildman–Crippen MR) is 154 cm³/mol. The van der Waals surface area contributed by atoms with E-state index in [-0.39, 0.29) is 11.8 Å². The number of benzene rings is 3. The number of anilines is 2. The molecule has 0 saturated heterocycles. The van der Waals surface area contributed by atoms with Gasteiger partial charge in [-0.15, -0.1) is 0 Å². The normalized spacial score (nSPS) is 13.9. The quantitative estimate of drug-likeness (QED) is 0.326. The lowest BCUT2D eigenvalue weighted by Gasteiger charge is -2.30. The highest BCUT2D eigenvalue weighted by molar-refractivity contribution is 5.96. The van der Waals surface area contributed by atoms with Crippen molar-refractivity contribution in [1.82, 2.24) is 0 Å². The molecule has 1 N–H and O–H groups in total. The van der Waals surface area contributed by atoms with Gasteiger partial charge in [-0.05, 0) is 65.4 Å². The molecule has 0 atom stereocenters. The van der Waals surface area contributed by atoms with Crippen LogP contribution in [0.2, 0.25) is 0 Å². The van der Waals surface area contributed by atoms with Crippen molar-refractivity contribution >= 4 is 29.3 Å². The first-order valence-corrected chi connectivity index (χ1v) is 13.1. The fraction of sp³-hybridized carbons (Fsp3) is 0.312. The second kappa shape index (κ2) is 12.5. The number of aliphatic carboxylic acids is 1. The molecule has 3 aromatic rings. The number of rotatable bonds is 9. The summed E-state index contributed by atoms with van der Waals surface area (Å²) in [7, 11) is 5.62. The standard InChI is InChI=1S/C32H36N2O4/c1-33(2)28-16-14-26(15-17-28)25-12-9-23(10-13-25)22-34(32(37)27-7-5-4-6-8-27)29-19-24(11-18-31(35)36)20-30(21-29)38-3/h9-21,27H,4-8,22H2,1-3H3,(H,35,36). The first-order chi connectivity index (χ1) is 18.3. The number of hydrogen-bond donors (Lipinski definition) is 1. The molecule has 0 spiro atoms. The smallest absolute Gasteiger partial charge is 0.328 e. The summed E-state index contributed by atoms with van der Waals surface area (Å²) in [5.41, 5.74) is 5.80. The molecule has 1 fully saturated rings. The van der Waals surface area contributed by atoms with Crippen LogP contribution >= 0.6 is 0 Å². The number of amides is 1. The highest BCUT2D eigenvalue weighted by atomic mass is 16.5. The summed E-state index contributed by atoms with van der Waals surface area (Å²) in [6.45, 7) is 0.421. The van der Waals surface area contributed by atoms with E-state index in [1.165, 1.54) is 12.5 Å². The zero-order valence-electron chi connectivity index (χ0n) is 22.4. The SMILES string of the molecule is COc1cc(C=CC(=O)O)cc(N(Cc2ccc(-c3ccc(N(C)C)cc3)cc2)C(=O)C2CCCCC2)c1. The van der Waals surface area contributed by atoms with Gasteiger partial charge in [0.1, 0.15) is 5.75 Å². The lowest BCUT2D eigenvalue weighted by molar-refractivity contribution is -0.131. The largest absolute Gasteiger partial charge is 0.497 e. The van der Waals surface area contributed by atoms with Crippen LogP contribution in [0.1, 0.15) is 43.2 Å². The van der Waals surface area contributed by atoms with Crippen LogP contribution in [0.3, 0.4) is 0 Å². The van der Waals surface area contributed by atoms with E-state index in [4.69, 9.17) is 9.84 Å². The van der Waals surface area contributed by atoms with Crippen LogP contribution in [0.4, 0.5) is 11.4 Å². The van der Waals surface area contributed by atoms with Crippen molar-refractivity contribution in [3.63, 3.8) is 0 Å². The molecule has 38 heavy (non-hydrogen) atoms. The highest BCUT2D eigenvalue weighted by Gasteiger charge is 2.27. The molecule has 1 aliphatic carbocycles. The van der Waals surface area contributed by atoms with Crippen molar-refractivity contribution in [2.24, 2.45) is 5.92 Å². The van der Waals surface area contributed by atoms with Crippen LogP contribution in [0.25, 0.3) is 17.2 Å². The van der Waals surface area contributed by atoms with Gasteiger partial charge in [-0.2, -0.15) is 0 Å². The molecular formula is C32H36N2O4. The maximum atomic E-state index is 13.8. The van der Waals surface area contributed by atoms with Crippen molar-refractivity contribution in [3.05, 3.63) is 83.9 Å². The third-order valence-corrected chi connectivity index (χ3v) is 7.11. The Bertz CT molecular complexity index is 1270. The number of nitrogens with zero attached hydrogens (tertiary/aromatic N) is 2. The Morgan fingerprint density at radius 3 is 2.11 bits per heavy atom. The van der Waals surface area contributed by atoms with Crippen molar-refractivity contribution in [1.29, 1.82) is 0 Å². The fourth-order valence-corrected chi connectivity index (χ4v) is 4.95. The molecule has 0 heterocycles. The lowest BCUT2D eigenvalue weighted by atomic mass is 9.88. The molecule has 3 aromatic carbocycles. The lowest BCUT2D eigenvalue weighted by Crippen LogP contribution is -2.36. The topological polar surface area (TPSA) is 70.1 Å². The Kier molecular flexibility index (Phi) is 8.85. The van der Waals surface area contributed by atoms with Crippen LogP contribution in [0.15, 0.2) is 72.8 Å². The third-order valence-electron chi connectivity index (χ3n) is 7.11. The highest BCUT2D eigenvalue weighted by Crippen LogP contribution is 2.32. The van der Waals surface area contributed by atoms with Crippen molar-refractivity contribution in [2.75, 3.05) is 31.0 Å². The summed E-state index contributed by atoms with van der Waals surface area (Å²) in [6.07, 6.45) is 7.71. The molecule has 0 radical (unpaired) electrons. The Balaban J connectivity index is 1.64. The van der Waals surface area contributed by atoms with Crippen molar-refractivity contribution < 1.29 is 19.4 Å². The maximum absolute atomic E-state index is 13.8. The summed E-state index contributed by atoms with van der Waals surface area (Å²) >= 11 is 0. The average molecular weight is 513 g/mol. The number of ether oxygens (including phenoxy) is 1. The second-order valence-electron chi connectivity index (χ2n) is 10.0. The Hall–Kier alpha value is -4.06. The average Bonchev–Trinajstić information content (AvgIpc) is 2.95. The zero-order valence-corrected chi connectivity index (χ0v) is 22.4. The molecule has 0 aromatic heterocycles. The number of carboxylic acid groups (broad SMARTS) is 1. The molecule has 0 aliphatic heterocycles. The van der Waals surface area contributed by atoms with Crippen LogP contribution in [-0.4, -0.2) is 38.2 Å². The molecule has 4 rings (SSSR count). The molecule has 6 heteroatoms. The molecule has 198 valence electrons. The number of hydrogen-bond acceptors (Lipinski definition) is 4. The Labute approximate surface area is 225 Å². The monoisotopic (exact) mass is 512 g/mol. The molecule has 1 saturated carbocycles.